The summed E-state index contributed by atoms with van der Waals surface area (Å²) in [7, 11) is 0. The number of halogens is 1. The minimum atomic E-state index is 0.0537. The van der Waals surface area contributed by atoms with Crippen molar-refractivity contribution in [1.29, 1.82) is 0 Å². The third kappa shape index (κ3) is 4.66. The van der Waals surface area contributed by atoms with Crippen molar-refractivity contribution in [2.75, 3.05) is 17.2 Å². The fraction of sp³-hybridized carbons (Fsp3) is 0.278. The molecule has 3 aromatic rings. The standard InChI is InChI=1S/C18H19ClN4OS2/c1-2-22(17(24)6-9-26-13-14-5-8-25-12-14)16-11-23(21-18(16)19)15-4-3-7-20-10-15/h3-5,7-8,10-12H,2,6,9,13H2,1H3. The van der Waals surface area contributed by atoms with Gasteiger partial charge in [-0.1, -0.05) is 11.6 Å². The number of aromatic nitrogens is 3. The Bertz CT molecular complexity index is 836. The lowest BCUT2D eigenvalue weighted by Crippen LogP contribution is -2.30. The first-order chi connectivity index (χ1) is 12.7. The molecule has 0 saturated carbocycles. The van der Waals surface area contributed by atoms with Gasteiger partial charge < -0.3 is 4.90 Å². The Balaban J connectivity index is 1.62. The Morgan fingerprint density at radius 2 is 2.31 bits per heavy atom. The van der Waals surface area contributed by atoms with Gasteiger partial charge in [-0.2, -0.15) is 28.2 Å². The number of pyridine rings is 1. The van der Waals surface area contributed by atoms with Gasteiger partial charge in [0.25, 0.3) is 0 Å². The molecule has 3 rings (SSSR count). The molecule has 0 spiro atoms. The number of nitrogens with zero attached hydrogens (tertiary/aromatic N) is 4. The van der Waals surface area contributed by atoms with Gasteiger partial charge in [0.2, 0.25) is 5.91 Å². The van der Waals surface area contributed by atoms with Crippen LogP contribution in [0.5, 0.6) is 0 Å². The molecule has 0 N–H and O–H groups in total. The average molecular weight is 407 g/mol. The van der Waals surface area contributed by atoms with Gasteiger partial charge in [-0.15, -0.1) is 0 Å². The Morgan fingerprint density at radius 3 is 3.00 bits per heavy atom. The van der Waals surface area contributed by atoms with E-state index in [-0.39, 0.29) is 5.91 Å². The minimum absolute atomic E-state index is 0.0537. The summed E-state index contributed by atoms with van der Waals surface area (Å²) in [6.07, 6.45) is 5.65. The highest BCUT2D eigenvalue weighted by molar-refractivity contribution is 7.98. The molecule has 0 aliphatic heterocycles. The monoisotopic (exact) mass is 406 g/mol. The van der Waals surface area contributed by atoms with Crippen LogP contribution in [0.1, 0.15) is 18.9 Å². The maximum absolute atomic E-state index is 12.6. The summed E-state index contributed by atoms with van der Waals surface area (Å²) in [6, 6.07) is 5.84. The van der Waals surface area contributed by atoms with E-state index in [2.05, 4.69) is 26.9 Å². The van der Waals surface area contributed by atoms with Crippen LogP contribution in [-0.2, 0) is 10.5 Å². The first kappa shape index (κ1) is 18.9. The molecule has 1 amide bonds. The number of carbonyl (C=O) groups excluding carboxylic acids is 1. The van der Waals surface area contributed by atoms with Crippen molar-refractivity contribution in [3.05, 3.63) is 58.3 Å². The zero-order valence-electron chi connectivity index (χ0n) is 14.3. The fourth-order valence-electron chi connectivity index (χ4n) is 2.49. The lowest BCUT2D eigenvalue weighted by molar-refractivity contribution is -0.118. The molecular weight excluding hydrogens is 388 g/mol. The number of amides is 1. The Morgan fingerprint density at radius 1 is 1.42 bits per heavy atom. The highest BCUT2D eigenvalue weighted by atomic mass is 35.5. The molecule has 8 heteroatoms. The maximum Gasteiger partial charge on any atom is 0.227 e. The first-order valence-electron chi connectivity index (χ1n) is 8.23. The van der Waals surface area contributed by atoms with Crippen LogP contribution in [0.4, 0.5) is 5.69 Å². The largest absolute Gasteiger partial charge is 0.308 e. The van der Waals surface area contributed by atoms with Crippen molar-refractivity contribution >= 4 is 46.3 Å². The van der Waals surface area contributed by atoms with E-state index in [1.54, 1.807) is 51.3 Å². The Labute approximate surface area is 166 Å². The van der Waals surface area contributed by atoms with Crippen LogP contribution in [-0.4, -0.2) is 33.0 Å². The number of anilines is 1. The van der Waals surface area contributed by atoms with Crippen molar-refractivity contribution in [3.63, 3.8) is 0 Å². The molecule has 3 aromatic heterocycles. The summed E-state index contributed by atoms with van der Waals surface area (Å²) >= 11 is 9.75. The summed E-state index contributed by atoms with van der Waals surface area (Å²) in [5.41, 5.74) is 2.74. The zero-order chi connectivity index (χ0) is 18.4. The van der Waals surface area contributed by atoms with E-state index in [4.69, 9.17) is 11.6 Å². The van der Waals surface area contributed by atoms with Gasteiger partial charge in [-0.25, -0.2) is 4.68 Å². The lowest BCUT2D eigenvalue weighted by atomic mass is 10.3. The second-order valence-electron chi connectivity index (χ2n) is 5.53. The average Bonchev–Trinajstić information content (AvgIpc) is 3.31. The number of thioether (sulfide) groups is 1. The molecule has 0 aliphatic carbocycles. The van der Waals surface area contributed by atoms with E-state index in [1.807, 2.05) is 19.1 Å². The van der Waals surface area contributed by atoms with Gasteiger partial charge in [0.15, 0.2) is 5.15 Å². The lowest BCUT2D eigenvalue weighted by Gasteiger charge is -2.19. The van der Waals surface area contributed by atoms with Crippen LogP contribution in [0.15, 0.2) is 47.5 Å². The Kier molecular flexibility index (Phi) is 6.71. The SMILES string of the molecule is CCN(C(=O)CCSCc1ccsc1)c1cn(-c2cccnc2)nc1Cl. The summed E-state index contributed by atoms with van der Waals surface area (Å²) < 4.78 is 1.64. The summed E-state index contributed by atoms with van der Waals surface area (Å²) in [6.45, 7) is 2.49. The van der Waals surface area contributed by atoms with E-state index in [0.717, 1.165) is 17.2 Å². The summed E-state index contributed by atoms with van der Waals surface area (Å²) in [4.78, 5) is 18.4. The molecule has 5 nitrogen and oxygen atoms in total. The van der Waals surface area contributed by atoms with Crippen molar-refractivity contribution < 1.29 is 4.79 Å². The van der Waals surface area contributed by atoms with Gasteiger partial charge in [0.05, 0.1) is 18.1 Å². The molecule has 0 atom stereocenters. The first-order valence-corrected chi connectivity index (χ1v) is 10.7. The second-order valence-corrected chi connectivity index (χ2v) is 7.78. The normalized spacial score (nSPS) is 10.8. The molecule has 3 heterocycles. The molecule has 0 unspecified atom stereocenters. The predicted octanol–water partition coefficient (Wildman–Crippen LogP) is 4.66. The number of hydrogen-bond acceptors (Lipinski definition) is 5. The number of thiophene rings is 1. The van der Waals surface area contributed by atoms with Gasteiger partial charge in [-0.3, -0.25) is 9.78 Å². The van der Waals surface area contributed by atoms with Crippen molar-refractivity contribution in [2.45, 2.75) is 19.1 Å². The third-order valence-electron chi connectivity index (χ3n) is 3.78. The van der Waals surface area contributed by atoms with Crippen LogP contribution < -0.4 is 4.90 Å². The van der Waals surface area contributed by atoms with Crippen LogP contribution in [0, 0.1) is 0 Å². The molecule has 0 bridgehead atoms. The van der Waals surface area contributed by atoms with E-state index < -0.39 is 0 Å². The predicted molar refractivity (Wildman–Crippen MR) is 109 cm³/mol. The molecule has 0 aliphatic rings. The molecule has 0 fully saturated rings. The highest BCUT2D eigenvalue weighted by Gasteiger charge is 2.20. The van der Waals surface area contributed by atoms with Crippen molar-refractivity contribution in [3.8, 4) is 5.69 Å². The minimum Gasteiger partial charge on any atom is -0.308 e. The Hall–Kier alpha value is -1.83. The van der Waals surface area contributed by atoms with Crippen molar-refractivity contribution in [2.24, 2.45) is 0 Å². The molecule has 0 aromatic carbocycles. The third-order valence-corrected chi connectivity index (χ3v) is 5.81. The molecule has 26 heavy (non-hydrogen) atoms. The fourth-order valence-corrected chi connectivity index (χ4v) is 4.37. The molecule has 0 saturated heterocycles. The second kappa shape index (κ2) is 9.21. The summed E-state index contributed by atoms with van der Waals surface area (Å²) in [5, 5.41) is 8.83. The highest BCUT2D eigenvalue weighted by Crippen LogP contribution is 2.27. The van der Waals surface area contributed by atoms with Gasteiger partial charge >= 0.3 is 0 Å². The van der Waals surface area contributed by atoms with Crippen LogP contribution >= 0.6 is 34.7 Å². The number of carbonyl (C=O) groups is 1. The maximum atomic E-state index is 12.6. The van der Waals surface area contributed by atoms with Gasteiger partial charge in [0, 0.05) is 30.7 Å². The van der Waals surface area contributed by atoms with E-state index in [1.165, 1.54) is 5.56 Å². The van der Waals surface area contributed by atoms with E-state index in [9.17, 15) is 4.79 Å². The van der Waals surface area contributed by atoms with E-state index in [0.29, 0.717) is 23.8 Å². The van der Waals surface area contributed by atoms with Crippen LogP contribution in [0.3, 0.4) is 0 Å². The zero-order valence-corrected chi connectivity index (χ0v) is 16.7. The quantitative estimate of drug-likeness (QED) is 0.510. The van der Waals surface area contributed by atoms with Crippen molar-refractivity contribution in [1.82, 2.24) is 14.8 Å². The van der Waals surface area contributed by atoms with E-state index >= 15 is 0 Å². The smallest absolute Gasteiger partial charge is 0.227 e. The summed E-state index contributed by atoms with van der Waals surface area (Å²) in [5.74, 6) is 1.76. The molecule has 0 radical (unpaired) electrons. The topological polar surface area (TPSA) is 51.0 Å². The van der Waals surface area contributed by atoms with Crippen LogP contribution in [0.2, 0.25) is 5.15 Å². The van der Waals surface area contributed by atoms with Gasteiger partial charge in [0.1, 0.15) is 5.69 Å². The number of rotatable bonds is 8. The number of hydrogen-bond donors (Lipinski definition) is 0. The molecular formula is C18H19ClN4OS2. The molecule has 136 valence electrons. The van der Waals surface area contributed by atoms with Crippen LogP contribution in [0.25, 0.3) is 5.69 Å². The van der Waals surface area contributed by atoms with Gasteiger partial charge in [-0.05, 0) is 41.4 Å².